The number of nitrogens with zero attached hydrogens (tertiary/aromatic N) is 1. The van der Waals surface area contributed by atoms with Gasteiger partial charge in [0.1, 0.15) is 0 Å². The summed E-state index contributed by atoms with van der Waals surface area (Å²) in [5, 5.41) is 12.9. The molecule has 5 heteroatoms. The van der Waals surface area contributed by atoms with Crippen molar-refractivity contribution in [2.75, 3.05) is 11.9 Å². The van der Waals surface area contributed by atoms with Gasteiger partial charge in [0.25, 0.3) is 0 Å². The summed E-state index contributed by atoms with van der Waals surface area (Å²) in [6.45, 7) is 10.8. The summed E-state index contributed by atoms with van der Waals surface area (Å²) in [5.74, 6) is 0.611. The Morgan fingerprint density at radius 1 is 1.35 bits per heavy atom. The van der Waals surface area contributed by atoms with Crippen molar-refractivity contribution in [3.8, 4) is 0 Å². The van der Waals surface area contributed by atoms with Gasteiger partial charge < -0.3 is 10.6 Å². The van der Waals surface area contributed by atoms with Crippen LogP contribution in [-0.4, -0.2) is 28.2 Å². The van der Waals surface area contributed by atoms with Gasteiger partial charge in [-0.3, -0.25) is 9.89 Å². The van der Waals surface area contributed by atoms with E-state index in [1.165, 1.54) is 0 Å². The molecule has 0 aliphatic rings. The van der Waals surface area contributed by atoms with Crippen LogP contribution in [0.4, 0.5) is 5.82 Å². The zero-order chi connectivity index (χ0) is 13.1. The van der Waals surface area contributed by atoms with Crippen LogP contribution in [0.1, 0.15) is 38.4 Å². The van der Waals surface area contributed by atoms with Crippen molar-refractivity contribution < 1.29 is 4.79 Å². The highest BCUT2D eigenvalue weighted by Gasteiger charge is 2.11. The fourth-order valence-electron chi connectivity index (χ4n) is 1.35. The van der Waals surface area contributed by atoms with Crippen molar-refractivity contribution in [3.63, 3.8) is 0 Å². The van der Waals surface area contributed by atoms with Gasteiger partial charge in [0.05, 0.1) is 0 Å². The third-order valence-corrected chi connectivity index (χ3v) is 2.52. The van der Waals surface area contributed by atoms with Gasteiger partial charge in [0.2, 0.25) is 5.91 Å². The van der Waals surface area contributed by atoms with E-state index in [1.54, 1.807) is 0 Å². The Morgan fingerprint density at radius 2 is 2.00 bits per heavy atom. The summed E-state index contributed by atoms with van der Waals surface area (Å²) in [6, 6.07) is 0. The molecule has 3 N–H and O–H groups in total. The largest absolute Gasteiger partial charge is 0.312 e. The Balaban J connectivity index is 2.38. The summed E-state index contributed by atoms with van der Waals surface area (Å²) in [5.41, 5.74) is 2.01. The molecular weight excluding hydrogens is 216 g/mol. The van der Waals surface area contributed by atoms with Gasteiger partial charge >= 0.3 is 0 Å². The summed E-state index contributed by atoms with van der Waals surface area (Å²) in [4.78, 5) is 11.7. The van der Waals surface area contributed by atoms with Gasteiger partial charge in [0, 0.05) is 29.8 Å². The summed E-state index contributed by atoms with van der Waals surface area (Å²) >= 11 is 0. The molecule has 0 bridgehead atoms. The third-order valence-electron chi connectivity index (χ3n) is 2.52. The lowest BCUT2D eigenvalue weighted by Gasteiger charge is -2.20. The van der Waals surface area contributed by atoms with Gasteiger partial charge in [-0.15, -0.1) is 0 Å². The molecule has 5 nitrogen and oxygen atoms in total. The molecule has 0 saturated heterocycles. The maximum absolute atomic E-state index is 11.7. The smallest absolute Gasteiger partial charge is 0.226 e. The lowest BCUT2D eigenvalue weighted by Crippen LogP contribution is -2.37. The van der Waals surface area contributed by atoms with E-state index in [9.17, 15) is 4.79 Å². The highest BCUT2D eigenvalue weighted by Crippen LogP contribution is 2.13. The maximum Gasteiger partial charge on any atom is 0.226 e. The number of anilines is 1. The average Bonchev–Trinajstić information content (AvgIpc) is 2.47. The minimum absolute atomic E-state index is 0.0173. The second-order valence-electron chi connectivity index (χ2n) is 5.30. The van der Waals surface area contributed by atoms with Crippen LogP contribution in [0.2, 0.25) is 0 Å². The molecule has 1 aromatic heterocycles. The molecule has 1 heterocycles. The molecular formula is C12H22N4O. The van der Waals surface area contributed by atoms with Gasteiger partial charge in [-0.05, 0) is 34.6 Å². The van der Waals surface area contributed by atoms with E-state index < -0.39 is 0 Å². The molecule has 0 aromatic carbocycles. The number of amides is 1. The van der Waals surface area contributed by atoms with E-state index in [-0.39, 0.29) is 11.4 Å². The Bertz CT molecular complexity index is 390. The number of nitrogens with one attached hydrogen (secondary N) is 3. The molecule has 0 fully saturated rings. The Kier molecular flexibility index (Phi) is 4.28. The van der Waals surface area contributed by atoms with Gasteiger partial charge in [-0.1, -0.05) is 0 Å². The second kappa shape index (κ2) is 5.31. The number of aromatic nitrogens is 2. The molecule has 0 spiro atoms. The van der Waals surface area contributed by atoms with E-state index in [2.05, 4.69) is 41.6 Å². The highest BCUT2D eigenvalue weighted by atomic mass is 16.1. The summed E-state index contributed by atoms with van der Waals surface area (Å²) < 4.78 is 0. The molecule has 17 heavy (non-hydrogen) atoms. The van der Waals surface area contributed by atoms with Gasteiger partial charge in [-0.25, -0.2) is 0 Å². The highest BCUT2D eigenvalue weighted by molar-refractivity contribution is 5.90. The maximum atomic E-state index is 11.7. The van der Waals surface area contributed by atoms with Crippen LogP contribution in [-0.2, 0) is 4.79 Å². The molecule has 0 aliphatic heterocycles. The summed E-state index contributed by atoms with van der Waals surface area (Å²) in [6.07, 6.45) is 0.447. The lowest BCUT2D eigenvalue weighted by atomic mass is 10.1. The molecule has 1 aromatic rings. The predicted molar refractivity (Wildman–Crippen MR) is 69.1 cm³/mol. The predicted octanol–water partition coefficient (Wildman–Crippen LogP) is 1.74. The number of rotatable bonds is 4. The van der Waals surface area contributed by atoms with Crippen molar-refractivity contribution in [1.82, 2.24) is 15.5 Å². The molecule has 1 amide bonds. The quantitative estimate of drug-likeness (QED) is 0.748. The van der Waals surface area contributed by atoms with Crippen molar-refractivity contribution in [2.24, 2.45) is 0 Å². The first kappa shape index (κ1) is 13.7. The van der Waals surface area contributed by atoms with Gasteiger partial charge in [-0.2, -0.15) is 5.10 Å². The number of aromatic amines is 1. The minimum atomic E-state index is -0.0173. The standard InChI is InChI=1S/C12H22N4O/c1-8-9(2)15-16-11(8)14-10(17)6-7-13-12(3,4)5/h13H,6-7H2,1-5H3,(H2,14,15,16,17). The molecule has 0 aliphatic carbocycles. The zero-order valence-corrected chi connectivity index (χ0v) is 11.3. The number of carbonyl (C=O) groups excluding carboxylic acids is 1. The average molecular weight is 238 g/mol. The number of carbonyl (C=O) groups is 1. The first-order valence-corrected chi connectivity index (χ1v) is 5.86. The van der Waals surface area contributed by atoms with Crippen LogP contribution < -0.4 is 10.6 Å². The number of aryl methyl sites for hydroxylation is 1. The summed E-state index contributed by atoms with van der Waals surface area (Å²) in [7, 11) is 0. The Hall–Kier alpha value is -1.36. The molecule has 0 radical (unpaired) electrons. The topological polar surface area (TPSA) is 69.8 Å². The van der Waals surface area contributed by atoms with E-state index >= 15 is 0 Å². The lowest BCUT2D eigenvalue weighted by molar-refractivity contribution is -0.116. The van der Waals surface area contributed by atoms with Crippen molar-refractivity contribution >= 4 is 11.7 Å². The number of hydrogen-bond acceptors (Lipinski definition) is 3. The number of hydrogen-bond donors (Lipinski definition) is 3. The molecule has 0 saturated carbocycles. The Labute approximate surface area is 102 Å². The fourth-order valence-corrected chi connectivity index (χ4v) is 1.35. The van der Waals surface area contributed by atoms with Crippen LogP contribution in [0.5, 0.6) is 0 Å². The van der Waals surface area contributed by atoms with Crippen LogP contribution in [0, 0.1) is 13.8 Å². The van der Waals surface area contributed by atoms with E-state index in [0.717, 1.165) is 11.3 Å². The fraction of sp³-hybridized carbons (Fsp3) is 0.667. The SMILES string of the molecule is Cc1[nH]nc(NC(=O)CCNC(C)(C)C)c1C. The van der Waals surface area contributed by atoms with Crippen LogP contribution in [0.15, 0.2) is 0 Å². The van der Waals surface area contributed by atoms with Crippen LogP contribution in [0.25, 0.3) is 0 Å². The van der Waals surface area contributed by atoms with E-state index in [4.69, 9.17) is 0 Å². The Morgan fingerprint density at radius 3 is 2.47 bits per heavy atom. The number of H-pyrrole nitrogens is 1. The minimum Gasteiger partial charge on any atom is -0.312 e. The molecule has 0 unspecified atom stereocenters. The van der Waals surface area contributed by atoms with Crippen LogP contribution in [0.3, 0.4) is 0 Å². The third kappa shape index (κ3) is 4.56. The molecule has 0 atom stereocenters. The first-order chi connectivity index (χ1) is 7.79. The zero-order valence-electron chi connectivity index (χ0n) is 11.3. The normalized spacial score (nSPS) is 11.6. The first-order valence-electron chi connectivity index (χ1n) is 5.86. The van der Waals surface area contributed by atoms with E-state index in [0.29, 0.717) is 18.8 Å². The van der Waals surface area contributed by atoms with Crippen molar-refractivity contribution in [3.05, 3.63) is 11.3 Å². The van der Waals surface area contributed by atoms with E-state index in [1.807, 2.05) is 13.8 Å². The second-order valence-corrected chi connectivity index (χ2v) is 5.30. The van der Waals surface area contributed by atoms with Gasteiger partial charge in [0.15, 0.2) is 5.82 Å². The van der Waals surface area contributed by atoms with Crippen molar-refractivity contribution in [2.45, 2.75) is 46.6 Å². The molecule has 96 valence electrons. The van der Waals surface area contributed by atoms with Crippen LogP contribution >= 0.6 is 0 Å². The van der Waals surface area contributed by atoms with Crippen molar-refractivity contribution in [1.29, 1.82) is 0 Å². The monoisotopic (exact) mass is 238 g/mol. The molecule has 1 rings (SSSR count).